The van der Waals surface area contributed by atoms with Crippen molar-refractivity contribution in [2.45, 2.75) is 66.2 Å². The van der Waals surface area contributed by atoms with Crippen molar-refractivity contribution >= 4 is 94.4 Å². The number of anilines is 1. The Bertz CT molecular complexity index is 2690. The fourth-order valence-electron chi connectivity index (χ4n) is 8.20. The number of nitrogens with one attached hydrogen (secondary N) is 3. The molecule has 2 aliphatic heterocycles. The van der Waals surface area contributed by atoms with Crippen molar-refractivity contribution in [3.05, 3.63) is 29.8 Å². The third kappa shape index (κ3) is 24.4. The molecule has 2 saturated heterocycles. The van der Waals surface area contributed by atoms with Gasteiger partial charge in [-0.05, 0) is 30.5 Å². The van der Waals surface area contributed by atoms with Gasteiger partial charge in [0.15, 0.2) is 0 Å². The van der Waals surface area contributed by atoms with Crippen molar-refractivity contribution in [2.75, 3.05) is 160 Å². The minimum absolute atomic E-state index is 0.00199. The van der Waals surface area contributed by atoms with Crippen LogP contribution in [-0.4, -0.2) is 304 Å². The Hall–Kier alpha value is -8.61. The molecule has 482 valence electrons. The molecule has 2 fully saturated rings. The summed E-state index contributed by atoms with van der Waals surface area (Å²) in [4.78, 5) is 209. The second kappa shape index (κ2) is 35.1. The van der Waals surface area contributed by atoms with Crippen LogP contribution >= 0.6 is 0 Å². The number of rotatable bonds is 21. The molecule has 1 aromatic carbocycles. The lowest BCUT2D eigenvalue weighted by Gasteiger charge is -2.31. The first kappa shape index (κ1) is 72.6. The van der Waals surface area contributed by atoms with Crippen LogP contribution in [-0.2, 0) is 92.7 Å². The lowest BCUT2D eigenvalue weighted by molar-refractivity contribution is -0.149. The lowest BCUT2D eigenvalue weighted by Crippen LogP contribution is -2.56. The molecule has 31 heteroatoms. The number of nitrogens with zero attached hydrogens (tertiary/aromatic N) is 10. The van der Waals surface area contributed by atoms with Gasteiger partial charge in [-0.1, -0.05) is 32.9 Å². The van der Waals surface area contributed by atoms with Crippen LogP contribution in [0.3, 0.4) is 0 Å². The molecule has 0 bridgehead atoms. The number of hydrogen-bond acceptors (Lipinski definition) is 18. The van der Waals surface area contributed by atoms with Gasteiger partial charge in [0.05, 0.1) is 72.1 Å². The number of amides is 14. The highest BCUT2D eigenvalue weighted by atomic mass is 16.5. The predicted molar refractivity (Wildman–Crippen MR) is 308 cm³/mol. The third-order valence-corrected chi connectivity index (χ3v) is 14.1. The molecular formula is C56H85N13O18. The molecule has 1 unspecified atom stereocenters. The van der Waals surface area contributed by atoms with Crippen LogP contribution in [0.5, 0.6) is 0 Å². The van der Waals surface area contributed by atoms with Crippen molar-refractivity contribution < 1.29 is 86.1 Å². The van der Waals surface area contributed by atoms with Gasteiger partial charge < -0.3 is 74.3 Å². The first-order valence-corrected chi connectivity index (χ1v) is 28.2. The Morgan fingerprint density at radius 1 is 0.563 bits per heavy atom. The van der Waals surface area contributed by atoms with E-state index in [2.05, 4.69) is 16.0 Å². The van der Waals surface area contributed by atoms with Crippen LogP contribution in [0.2, 0.25) is 0 Å². The van der Waals surface area contributed by atoms with Gasteiger partial charge >= 0.3 is 5.97 Å². The van der Waals surface area contributed by atoms with E-state index >= 15 is 0 Å². The number of hydrogen-bond donors (Lipinski definition) is 3. The van der Waals surface area contributed by atoms with Crippen molar-refractivity contribution in [3.8, 4) is 0 Å². The first-order chi connectivity index (χ1) is 40.8. The molecular weight excluding hydrogens is 1140 g/mol. The van der Waals surface area contributed by atoms with Crippen LogP contribution < -0.4 is 16.0 Å². The minimum Gasteiger partial charge on any atom is -0.461 e. The maximum Gasteiger partial charge on any atom is 0.302 e. The van der Waals surface area contributed by atoms with E-state index in [0.29, 0.717) is 11.3 Å². The summed E-state index contributed by atoms with van der Waals surface area (Å²) >= 11 is 0. The zero-order valence-electron chi connectivity index (χ0n) is 51.9. The van der Waals surface area contributed by atoms with Crippen LogP contribution in [0, 0.1) is 11.8 Å². The monoisotopic (exact) mass is 1230 g/mol. The van der Waals surface area contributed by atoms with E-state index < -0.39 is 166 Å². The summed E-state index contributed by atoms with van der Waals surface area (Å²) in [5, 5.41) is 7.81. The highest BCUT2D eigenvalue weighted by molar-refractivity contribution is 6.03. The highest BCUT2D eigenvalue weighted by Gasteiger charge is 2.36. The average Bonchev–Trinajstić information content (AvgIpc) is 3.22. The van der Waals surface area contributed by atoms with Crippen molar-refractivity contribution in [1.82, 2.24) is 59.6 Å². The van der Waals surface area contributed by atoms with Gasteiger partial charge in [0.2, 0.25) is 82.7 Å². The summed E-state index contributed by atoms with van der Waals surface area (Å²) < 4.78 is 16.1. The van der Waals surface area contributed by atoms with Gasteiger partial charge in [0.1, 0.15) is 44.9 Å². The van der Waals surface area contributed by atoms with E-state index in [1.165, 1.54) is 68.1 Å². The van der Waals surface area contributed by atoms with Crippen molar-refractivity contribution in [2.24, 2.45) is 11.8 Å². The standard InChI is InChI=1S/C56H85N13O18/c1-36(2)53(55(83)57-38(4)54(82)58-41-15-13-40(14-16-41)35-87-39(5)70)59-42(71)26-67(43(72)17-21-85-23-24-86-22-20-69-44(73)25-37(3)56(69)84)34-52(81)68-32-50(79)61(7)19-18-60(6)45(74)27-62(8)46(75)28-63(9)47(76)29-64(10)48(77)30-65(11)49(78)31-66(12)51(80)33-68/h13-16,36-38,53H,17-35H2,1-12H3,(H,57,83)(H,58,82)(H,59,71)/t37?,38-,53-/m0/s1. The number of esters is 1. The summed E-state index contributed by atoms with van der Waals surface area (Å²) in [6.07, 6.45) is -0.329. The molecule has 3 rings (SSSR count). The number of imide groups is 1. The number of ether oxygens (including phenoxy) is 3. The molecule has 14 amide bonds. The van der Waals surface area contributed by atoms with Gasteiger partial charge in [0.25, 0.3) is 0 Å². The Morgan fingerprint density at radius 3 is 1.46 bits per heavy atom. The van der Waals surface area contributed by atoms with Gasteiger partial charge in [-0.15, -0.1) is 0 Å². The normalized spacial score (nSPS) is 17.9. The van der Waals surface area contributed by atoms with E-state index in [-0.39, 0.29) is 70.9 Å². The molecule has 2 aliphatic rings. The van der Waals surface area contributed by atoms with E-state index in [1.807, 2.05) is 0 Å². The fraction of sp³-hybridized carbons (Fsp3) is 0.625. The summed E-state index contributed by atoms with van der Waals surface area (Å²) in [5.41, 5.74) is 1.03. The summed E-state index contributed by atoms with van der Waals surface area (Å²) in [6, 6.07) is 3.96. The first-order valence-electron chi connectivity index (χ1n) is 28.2. The lowest BCUT2D eigenvalue weighted by atomic mass is 10.0. The van der Waals surface area contributed by atoms with Crippen molar-refractivity contribution in [1.29, 1.82) is 0 Å². The third-order valence-electron chi connectivity index (χ3n) is 14.1. The molecule has 0 aliphatic carbocycles. The molecule has 0 radical (unpaired) electrons. The zero-order valence-corrected chi connectivity index (χ0v) is 51.9. The van der Waals surface area contributed by atoms with Gasteiger partial charge in [-0.25, -0.2) is 0 Å². The average molecular weight is 1230 g/mol. The molecule has 1 aromatic rings. The Labute approximate surface area is 506 Å². The van der Waals surface area contributed by atoms with E-state index in [0.717, 1.165) is 44.1 Å². The van der Waals surface area contributed by atoms with Gasteiger partial charge in [-0.3, -0.25) is 76.8 Å². The number of carbonyl (C=O) groups excluding carboxylic acids is 15. The van der Waals surface area contributed by atoms with Crippen LogP contribution in [0.4, 0.5) is 5.69 Å². The van der Waals surface area contributed by atoms with Crippen LogP contribution in [0.1, 0.15) is 53.0 Å². The predicted octanol–water partition coefficient (Wildman–Crippen LogP) is -3.97. The Balaban J connectivity index is 1.89. The maximum absolute atomic E-state index is 14.6. The van der Waals surface area contributed by atoms with E-state index in [1.54, 1.807) is 45.0 Å². The molecule has 0 saturated carbocycles. The minimum atomic E-state index is -1.30. The van der Waals surface area contributed by atoms with Crippen LogP contribution in [0.15, 0.2) is 24.3 Å². The van der Waals surface area contributed by atoms with Crippen LogP contribution in [0.25, 0.3) is 0 Å². The summed E-state index contributed by atoms with van der Waals surface area (Å²) in [7, 11) is 9.31. The fourth-order valence-corrected chi connectivity index (χ4v) is 8.20. The number of carbonyl (C=O) groups is 15. The molecule has 0 spiro atoms. The number of benzene rings is 1. The summed E-state index contributed by atoms with van der Waals surface area (Å²) in [6.45, 7) is 1.19. The quantitative estimate of drug-likeness (QED) is 0.0600. The topological polar surface area (TPSA) is 352 Å². The Kier molecular flexibility index (Phi) is 29.3. The molecule has 3 N–H and O–H groups in total. The molecule has 31 nitrogen and oxygen atoms in total. The zero-order chi connectivity index (χ0) is 65.4. The molecule has 0 aromatic heterocycles. The van der Waals surface area contributed by atoms with Gasteiger partial charge in [-0.2, -0.15) is 0 Å². The molecule has 87 heavy (non-hydrogen) atoms. The maximum atomic E-state index is 14.6. The summed E-state index contributed by atoms with van der Waals surface area (Å²) in [5.74, 6) is -11.1. The second-order valence-electron chi connectivity index (χ2n) is 21.8. The second-order valence-corrected chi connectivity index (χ2v) is 21.8. The largest absolute Gasteiger partial charge is 0.461 e. The molecule has 2 heterocycles. The van der Waals surface area contributed by atoms with E-state index in [4.69, 9.17) is 14.2 Å². The number of likely N-dealkylation sites (tertiary alicyclic amines) is 1. The SMILES string of the molecule is CC(=O)OCc1ccc(NC(=O)[C@H](C)NC(=O)[C@@H](NC(=O)CN(CC(=O)N2CC(=O)N(C)CCN(C)C(=O)CN(C)C(=O)CN(C)C(=O)CN(C)C(=O)CN(C)C(=O)CN(C)C(=O)C2)C(=O)CCOCCOCCN2C(=O)CC(C)C2=O)C(C)C)cc1. The highest BCUT2D eigenvalue weighted by Crippen LogP contribution is 2.18. The van der Waals surface area contributed by atoms with Gasteiger partial charge in [0, 0.05) is 87.4 Å². The van der Waals surface area contributed by atoms with Crippen molar-refractivity contribution in [3.63, 3.8) is 0 Å². The molecule has 3 atom stereocenters. The number of likely N-dealkylation sites (N-methyl/N-ethyl adjacent to an activating group) is 7. The van der Waals surface area contributed by atoms with E-state index in [9.17, 15) is 71.9 Å². The smallest absolute Gasteiger partial charge is 0.302 e. The Morgan fingerprint density at radius 2 is 1.01 bits per heavy atom.